The first-order valence-corrected chi connectivity index (χ1v) is 11.6. The molecular weight excluding hydrogens is 444 g/mol. The number of rotatable bonds is 3. The molecule has 1 fully saturated rings. The zero-order chi connectivity index (χ0) is 23.4. The van der Waals surface area contributed by atoms with Gasteiger partial charge in [0, 0.05) is 37.4 Å². The number of fused-ring (bicyclic) bond motifs is 2. The summed E-state index contributed by atoms with van der Waals surface area (Å²) in [5.74, 6) is -2.63. The summed E-state index contributed by atoms with van der Waals surface area (Å²) < 4.78 is 8.99. The van der Waals surface area contributed by atoms with E-state index < -0.39 is 11.9 Å². The van der Waals surface area contributed by atoms with Crippen LogP contribution in [0.25, 0.3) is 10.7 Å². The van der Waals surface area contributed by atoms with Crippen LogP contribution in [0.2, 0.25) is 0 Å². The fraction of sp³-hybridized carbons (Fsp3) is 0.391. The predicted molar refractivity (Wildman–Crippen MR) is 122 cm³/mol. The smallest absolute Gasteiger partial charge is 0.414 e. The fourth-order valence-corrected chi connectivity index (χ4v) is 4.71. The Morgan fingerprint density at radius 1 is 1.12 bits per heavy atom. The summed E-state index contributed by atoms with van der Waals surface area (Å²) in [7, 11) is 2.18. The van der Waals surface area contributed by atoms with Crippen molar-refractivity contribution in [3.05, 3.63) is 59.0 Å². The van der Waals surface area contributed by atoms with Crippen molar-refractivity contribution < 1.29 is 24.5 Å². The van der Waals surface area contributed by atoms with Crippen molar-refractivity contribution in [2.24, 2.45) is 0 Å². The first kappa shape index (κ1) is 23.1. The van der Waals surface area contributed by atoms with Crippen molar-refractivity contribution in [1.29, 1.82) is 0 Å². The Balaban J connectivity index is 0.000000385. The molecule has 0 spiro atoms. The summed E-state index contributed by atoms with van der Waals surface area (Å²) in [6, 6.07) is 8.68. The first-order valence-electron chi connectivity index (χ1n) is 10.8. The summed E-state index contributed by atoms with van der Waals surface area (Å²) in [5, 5.41) is 17.8. The van der Waals surface area contributed by atoms with Gasteiger partial charge in [0.25, 0.3) is 0 Å². The second-order valence-corrected chi connectivity index (χ2v) is 8.99. The largest absolute Gasteiger partial charge is 0.473 e. The minimum atomic E-state index is -1.82. The standard InChI is InChI=1S/C21H24N4OS.C2H2O4/c1-24-10-7-16(8-11-24)26-19-17-5-3-2-4-15(17)6-12-25-14-18(23-20(19)25)21-22-9-13-27-21;3-1(4)2(5)6/h2-5,9,13-14,16,19H,6-8,10-12H2,1H3;(H,3,4)(H,5,6). The Kier molecular flexibility index (Phi) is 7.17. The van der Waals surface area contributed by atoms with Crippen molar-refractivity contribution in [3.8, 4) is 10.7 Å². The number of carboxylic acids is 2. The molecule has 1 atom stereocenters. The van der Waals surface area contributed by atoms with E-state index >= 15 is 0 Å². The zero-order valence-electron chi connectivity index (χ0n) is 18.3. The quantitative estimate of drug-likeness (QED) is 0.561. The number of aliphatic carboxylic acids is 2. The number of ether oxygens (including phenoxy) is 1. The van der Waals surface area contributed by atoms with Gasteiger partial charge in [0.1, 0.15) is 22.6 Å². The highest BCUT2D eigenvalue weighted by Crippen LogP contribution is 2.36. The summed E-state index contributed by atoms with van der Waals surface area (Å²) >= 11 is 1.63. The second kappa shape index (κ2) is 10.2. The van der Waals surface area contributed by atoms with Crippen LogP contribution in [-0.4, -0.2) is 67.8 Å². The van der Waals surface area contributed by atoms with Crippen molar-refractivity contribution in [3.63, 3.8) is 0 Å². The van der Waals surface area contributed by atoms with E-state index in [9.17, 15) is 0 Å². The number of hydrogen-bond donors (Lipinski definition) is 2. The van der Waals surface area contributed by atoms with Crippen LogP contribution in [0, 0.1) is 0 Å². The van der Waals surface area contributed by atoms with E-state index in [4.69, 9.17) is 29.5 Å². The maximum atomic E-state index is 9.10. The van der Waals surface area contributed by atoms with E-state index in [0.29, 0.717) is 0 Å². The molecule has 1 unspecified atom stereocenters. The summed E-state index contributed by atoms with van der Waals surface area (Å²) in [5.41, 5.74) is 3.60. The molecule has 0 amide bonds. The molecule has 0 bridgehead atoms. The van der Waals surface area contributed by atoms with Gasteiger partial charge in [0.05, 0.1) is 6.10 Å². The number of hydrogen-bond acceptors (Lipinski definition) is 7. The Labute approximate surface area is 195 Å². The molecule has 10 heteroatoms. The van der Waals surface area contributed by atoms with Crippen molar-refractivity contribution >= 4 is 23.3 Å². The van der Waals surface area contributed by atoms with Gasteiger partial charge < -0.3 is 24.4 Å². The number of aryl methyl sites for hydroxylation is 2. The van der Waals surface area contributed by atoms with Crippen LogP contribution < -0.4 is 0 Å². The number of likely N-dealkylation sites (tertiary alicyclic amines) is 1. The second-order valence-electron chi connectivity index (χ2n) is 8.09. The molecule has 2 aliphatic rings. The molecule has 1 aromatic carbocycles. The number of benzene rings is 1. The van der Waals surface area contributed by atoms with Gasteiger partial charge in [0.2, 0.25) is 0 Å². The Bertz CT molecular complexity index is 1090. The molecule has 0 radical (unpaired) electrons. The number of piperidine rings is 1. The predicted octanol–water partition coefficient (Wildman–Crippen LogP) is 2.92. The van der Waals surface area contributed by atoms with Gasteiger partial charge in [-0.15, -0.1) is 11.3 Å². The molecule has 0 saturated carbocycles. The van der Waals surface area contributed by atoms with Gasteiger partial charge in [-0.05, 0) is 37.4 Å². The zero-order valence-corrected chi connectivity index (χ0v) is 19.1. The van der Waals surface area contributed by atoms with E-state index in [1.54, 1.807) is 11.3 Å². The van der Waals surface area contributed by atoms with Gasteiger partial charge in [-0.2, -0.15) is 0 Å². The molecule has 5 rings (SSSR count). The van der Waals surface area contributed by atoms with E-state index in [1.807, 2.05) is 11.6 Å². The van der Waals surface area contributed by atoms with Crippen LogP contribution in [0.1, 0.15) is 35.9 Å². The lowest BCUT2D eigenvalue weighted by molar-refractivity contribution is -0.159. The van der Waals surface area contributed by atoms with Crippen LogP contribution in [0.3, 0.4) is 0 Å². The van der Waals surface area contributed by atoms with E-state index in [1.165, 1.54) is 11.1 Å². The highest BCUT2D eigenvalue weighted by Gasteiger charge is 2.30. The lowest BCUT2D eigenvalue weighted by atomic mass is 10.00. The summed E-state index contributed by atoms with van der Waals surface area (Å²) in [4.78, 5) is 30.0. The van der Waals surface area contributed by atoms with E-state index in [2.05, 4.69) is 52.0 Å². The Morgan fingerprint density at radius 3 is 2.52 bits per heavy atom. The van der Waals surface area contributed by atoms with Gasteiger partial charge in [-0.1, -0.05) is 24.3 Å². The number of thiazole rings is 1. The molecule has 174 valence electrons. The molecule has 4 heterocycles. The highest BCUT2D eigenvalue weighted by molar-refractivity contribution is 7.13. The van der Waals surface area contributed by atoms with Crippen LogP contribution >= 0.6 is 11.3 Å². The lowest BCUT2D eigenvalue weighted by Gasteiger charge is -2.32. The minimum Gasteiger partial charge on any atom is -0.473 e. The average Bonchev–Trinajstić information content (AvgIpc) is 3.46. The monoisotopic (exact) mass is 470 g/mol. The van der Waals surface area contributed by atoms with Gasteiger partial charge >= 0.3 is 11.9 Å². The molecule has 3 aromatic rings. The van der Waals surface area contributed by atoms with Gasteiger partial charge in [0.15, 0.2) is 0 Å². The number of aromatic nitrogens is 3. The normalized spacial score (nSPS) is 18.4. The van der Waals surface area contributed by atoms with E-state index in [-0.39, 0.29) is 12.2 Å². The summed E-state index contributed by atoms with van der Waals surface area (Å²) in [6.45, 7) is 3.12. The maximum Gasteiger partial charge on any atom is 0.414 e. The van der Waals surface area contributed by atoms with Gasteiger partial charge in [-0.25, -0.2) is 19.6 Å². The molecule has 9 nitrogen and oxygen atoms in total. The molecule has 1 saturated heterocycles. The number of imidazole rings is 1. The van der Waals surface area contributed by atoms with Crippen LogP contribution in [-0.2, 0) is 27.3 Å². The third-order valence-corrected chi connectivity index (χ3v) is 6.63. The van der Waals surface area contributed by atoms with Crippen LogP contribution in [0.4, 0.5) is 0 Å². The average molecular weight is 471 g/mol. The number of carbonyl (C=O) groups is 2. The molecule has 2 aromatic heterocycles. The Morgan fingerprint density at radius 2 is 1.85 bits per heavy atom. The maximum absolute atomic E-state index is 9.10. The number of carboxylic acid groups (broad SMARTS) is 2. The van der Waals surface area contributed by atoms with Crippen LogP contribution in [0.5, 0.6) is 0 Å². The van der Waals surface area contributed by atoms with Crippen molar-refractivity contribution in [2.75, 3.05) is 20.1 Å². The Hall–Kier alpha value is -3.08. The molecule has 2 N–H and O–H groups in total. The van der Waals surface area contributed by atoms with Gasteiger partial charge in [-0.3, -0.25) is 0 Å². The van der Waals surface area contributed by atoms with Crippen LogP contribution in [0.15, 0.2) is 42.0 Å². The highest BCUT2D eigenvalue weighted by atomic mass is 32.1. The van der Waals surface area contributed by atoms with E-state index in [0.717, 1.165) is 55.4 Å². The minimum absolute atomic E-state index is 0.106. The third kappa shape index (κ3) is 5.47. The van der Waals surface area contributed by atoms with Crippen molar-refractivity contribution in [1.82, 2.24) is 19.4 Å². The third-order valence-electron chi connectivity index (χ3n) is 5.83. The first-order chi connectivity index (χ1) is 15.9. The summed E-state index contributed by atoms with van der Waals surface area (Å²) in [6.07, 6.45) is 7.32. The molecule has 33 heavy (non-hydrogen) atoms. The topological polar surface area (TPSA) is 118 Å². The lowest BCUT2D eigenvalue weighted by Crippen LogP contribution is -2.35. The number of nitrogens with zero attached hydrogens (tertiary/aromatic N) is 4. The molecule has 0 aliphatic carbocycles. The SMILES string of the molecule is CN1CCC(OC2c3ccccc3CCn3cc(-c4nccs4)nc32)CC1.O=C(O)C(=O)O. The fourth-order valence-electron chi connectivity index (χ4n) is 4.12. The molecular formula is C23H26N4O5S. The van der Waals surface area contributed by atoms with Crippen molar-refractivity contribution in [2.45, 2.75) is 38.0 Å². The molecule has 2 aliphatic heterocycles.